The first-order chi connectivity index (χ1) is 9.68. The van der Waals surface area contributed by atoms with Gasteiger partial charge in [-0.15, -0.1) is 0 Å². The Labute approximate surface area is 114 Å². The number of hydrogen-bond donors (Lipinski definition) is 1. The van der Waals surface area contributed by atoms with Gasteiger partial charge in [0.2, 0.25) is 0 Å². The minimum absolute atomic E-state index is 0.0317. The van der Waals surface area contributed by atoms with Crippen molar-refractivity contribution in [1.82, 2.24) is 19.3 Å². The van der Waals surface area contributed by atoms with E-state index in [1.165, 1.54) is 6.92 Å². The highest BCUT2D eigenvalue weighted by Crippen LogP contribution is 2.11. The van der Waals surface area contributed by atoms with Gasteiger partial charge in [-0.2, -0.15) is 0 Å². The Hall–Kier alpha value is -2.47. The molecule has 3 aromatic rings. The Morgan fingerprint density at radius 2 is 2.10 bits per heavy atom. The first-order valence-corrected chi connectivity index (χ1v) is 6.33. The smallest absolute Gasteiger partial charge is 0.276 e. The van der Waals surface area contributed by atoms with Crippen LogP contribution < -0.4 is 10.9 Å². The summed E-state index contributed by atoms with van der Waals surface area (Å²) in [6.45, 7) is 2.02. The number of nitrogens with zero attached hydrogens (tertiary/aromatic N) is 3. The molecule has 0 unspecified atom stereocenters. The molecule has 102 valence electrons. The quantitative estimate of drug-likeness (QED) is 0.761. The molecule has 0 fully saturated rings. The average molecular weight is 270 g/mol. The van der Waals surface area contributed by atoms with E-state index in [-0.39, 0.29) is 24.6 Å². The van der Waals surface area contributed by atoms with Gasteiger partial charge in [-0.05, 0) is 31.2 Å². The van der Waals surface area contributed by atoms with Gasteiger partial charge >= 0.3 is 0 Å². The van der Waals surface area contributed by atoms with Crippen LogP contribution >= 0.6 is 0 Å². The number of Topliss-reactive ketones (excluding diaryl/α,β-unsaturated/α-hetero) is 1. The molecule has 0 radical (unpaired) electrons. The molecule has 20 heavy (non-hydrogen) atoms. The predicted molar refractivity (Wildman–Crippen MR) is 75.6 cm³/mol. The van der Waals surface area contributed by atoms with Crippen LogP contribution in [0.2, 0.25) is 0 Å². The van der Waals surface area contributed by atoms with E-state index in [2.05, 4.69) is 10.3 Å². The lowest BCUT2D eigenvalue weighted by Gasteiger charge is -2.12. The van der Waals surface area contributed by atoms with Crippen LogP contribution in [0, 0.1) is 0 Å². The van der Waals surface area contributed by atoms with Crippen LogP contribution in [-0.4, -0.2) is 26.3 Å². The van der Waals surface area contributed by atoms with E-state index in [1.807, 2.05) is 18.3 Å². The number of fused-ring (bicyclic) bond motifs is 3. The molecular formula is C14H14N4O2. The molecule has 6 nitrogen and oxygen atoms in total. The number of carbonyl (C=O) groups excluding carboxylic acids is 1. The molecule has 0 amide bonds. The molecular weight excluding hydrogens is 256 g/mol. The topological polar surface area (TPSA) is 68.4 Å². The molecule has 0 bridgehead atoms. The molecule has 0 aliphatic heterocycles. The van der Waals surface area contributed by atoms with Crippen molar-refractivity contribution in [2.75, 3.05) is 6.54 Å². The molecule has 0 aliphatic rings. The van der Waals surface area contributed by atoms with Crippen molar-refractivity contribution in [3.05, 3.63) is 47.0 Å². The Kier molecular flexibility index (Phi) is 3.08. The zero-order valence-electron chi connectivity index (χ0n) is 11.0. The minimum atomic E-state index is -0.105. The lowest BCUT2D eigenvalue weighted by atomic mass is 10.4. The maximum absolute atomic E-state index is 12.5. The number of rotatable bonds is 4. The van der Waals surface area contributed by atoms with E-state index in [0.717, 1.165) is 11.2 Å². The summed E-state index contributed by atoms with van der Waals surface area (Å²) in [6, 6.07) is 7.22. The van der Waals surface area contributed by atoms with Gasteiger partial charge in [-0.25, -0.2) is 4.98 Å². The maximum Gasteiger partial charge on any atom is 0.276 e. The summed E-state index contributed by atoms with van der Waals surface area (Å²) in [5.74, 6) is 0.0317. The summed E-state index contributed by atoms with van der Waals surface area (Å²) >= 11 is 0. The highest BCUT2D eigenvalue weighted by molar-refractivity contribution is 5.77. The van der Waals surface area contributed by atoms with Crippen molar-refractivity contribution in [3.8, 4) is 0 Å². The van der Waals surface area contributed by atoms with Crippen molar-refractivity contribution >= 4 is 22.5 Å². The van der Waals surface area contributed by atoms with Gasteiger partial charge in [0.25, 0.3) is 5.56 Å². The SMILES string of the molecule is CC(=O)CNCn1c(=O)c2cccn2c2ncccc21. The number of aromatic nitrogens is 3. The number of pyridine rings is 1. The first-order valence-electron chi connectivity index (χ1n) is 6.33. The average Bonchev–Trinajstić information content (AvgIpc) is 2.92. The molecule has 3 heterocycles. The fourth-order valence-electron chi connectivity index (χ4n) is 2.27. The van der Waals surface area contributed by atoms with E-state index >= 15 is 0 Å². The second-order valence-corrected chi connectivity index (χ2v) is 4.63. The third kappa shape index (κ3) is 2.00. The van der Waals surface area contributed by atoms with Gasteiger partial charge in [-0.1, -0.05) is 0 Å². The van der Waals surface area contributed by atoms with Gasteiger partial charge in [0, 0.05) is 12.4 Å². The van der Waals surface area contributed by atoms with Gasteiger partial charge in [0.05, 0.1) is 18.7 Å². The van der Waals surface area contributed by atoms with Gasteiger partial charge in [-0.3, -0.25) is 23.9 Å². The second kappa shape index (κ2) is 4.90. The third-order valence-corrected chi connectivity index (χ3v) is 3.14. The molecule has 0 saturated heterocycles. The summed E-state index contributed by atoms with van der Waals surface area (Å²) in [6.07, 6.45) is 3.51. The lowest BCUT2D eigenvalue weighted by molar-refractivity contribution is -0.116. The van der Waals surface area contributed by atoms with Crippen LogP contribution in [0.5, 0.6) is 0 Å². The number of hydrogen-bond acceptors (Lipinski definition) is 4. The van der Waals surface area contributed by atoms with Crippen LogP contribution in [0.3, 0.4) is 0 Å². The monoisotopic (exact) mass is 270 g/mol. The van der Waals surface area contributed by atoms with Gasteiger partial charge < -0.3 is 0 Å². The van der Waals surface area contributed by atoms with Crippen LogP contribution in [0.1, 0.15) is 6.92 Å². The molecule has 1 N–H and O–H groups in total. The number of nitrogens with one attached hydrogen (secondary N) is 1. The van der Waals surface area contributed by atoms with Crippen molar-refractivity contribution in [2.45, 2.75) is 13.6 Å². The molecule has 0 spiro atoms. The second-order valence-electron chi connectivity index (χ2n) is 4.63. The number of carbonyl (C=O) groups is 1. The Balaban J connectivity index is 2.19. The fourth-order valence-corrected chi connectivity index (χ4v) is 2.27. The summed E-state index contributed by atoms with van der Waals surface area (Å²) in [7, 11) is 0. The zero-order chi connectivity index (χ0) is 14.1. The third-order valence-electron chi connectivity index (χ3n) is 3.14. The summed E-state index contributed by atoms with van der Waals surface area (Å²) in [5.41, 5.74) is 1.92. The van der Waals surface area contributed by atoms with E-state index < -0.39 is 0 Å². The highest BCUT2D eigenvalue weighted by atomic mass is 16.1. The summed E-state index contributed by atoms with van der Waals surface area (Å²) in [4.78, 5) is 27.8. The molecule has 0 aliphatic carbocycles. The van der Waals surface area contributed by atoms with E-state index in [0.29, 0.717) is 5.52 Å². The normalized spacial score (nSPS) is 11.2. The molecule has 0 aromatic carbocycles. The molecule has 0 atom stereocenters. The first kappa shape index (κ1) is 12.6. The van der Waals surface area contributed by atoms with Gasteiger partial charge in [0.1, 0.15) is 11.3 Å². The Morgan fingerprint density at radius 1 is 1.30 bits per heavy atom. The van der Waals surface area contributed by atoms with Crippen molar-refractivity contribution in [1.29, 1.82) is 0 Å². The molecule has 3 aromatic heterocycles. The highest BCUT2D eigenvalue weighted by Gasteiger charge is 2.10. The van der Waals surface area contributed by atoms with E-state index in [4.69, 9.17) is 0 Å². The van der Waals surface area contributed by atoms with E-state index in [1.54, 1.807) is 27.3 Å². The standard InChI is InChI=1S/C14H14N4O2/c1-10(19)8-15-9-18-11-4-2-6-16-13(11)17-7-3-5-12(17)14(18)20/h2-7,15H,8-9H2,1H3. The number of ketones is 1. The van der Waals surface area contributed by atoms with Crippen LogP contribution in [-0.2, 0) is 11.5 Å². The summed E-state index contributed by atoms with van der Waals surface area (Å²) < 4.78 is 3.37. The Bertz CT molecular complexity index is 847. The van der Waals surface area contributed by atoms with Crippen molar-refractivity contribution in [3.63, 3.8) is 0 Å². The zero-order valence-corrected chi connectivity index (χ0v) is 11.0. The minimum Gasteiger partial charge on any atom is -0.299 e. The summed E-state index contributed by atoms with van der Waals surface area (Å²) in [5, 5.41) is 2.97. The predicted octanol–water partition coefficient (Wildman–Crippen LogP) is 0.785. The largest absolute Gasteiger partial charge is 0.299 e. The lowest BCUT2D eigenvalue weighted by Crippen LogP contribution is -2.32. The maximum atomic E-state index is 12.5. The van der Waals surface area contributed by atoms with Crippen molar-refractivity contribution in [2.24, 2.45) is 0 Å². The Morgan fingerprint density at radius 3 is 2.90 bits per heavy atom. The van der Waals surface area contributed by atoms with Crippen LogP contribution in [0.25, 0.3) is 16.7 Å². The van der Waals surface area contributed by atoms with Crippen molar-refractivity contribution < 1.29 is 4.79 Å². The van der Waals surface area contributed by atoms with Gasteiger partial charge in [0.15, 0.2) is 5.65 Å². The molecule has 3 rings (SSSR count). The fraction of sp³-hybridized carbons (Fsp3) is 0.214. The van der Waals surface area contributed by atoms with Crippen LogP contribution in [0.4, 0.5) is 0 Å². The molecule has 0 saturated carbocycles. The van der Waals surface area contributed by atoms with Crippen LogP contribution in [0.15, 0.2) is 41.5 Å². The van der Waals surface area contributed by atoms with E-state index in [9.17, 15) is 9.59 Å². The molecule has 6 heteroatoms.